The van der Waals surface area contributed by atoms with Crippen LogP contribution in [0, 0.1) is 0 Å². The molecule has 17 heavy (non-hydrogen) atoms. The number of fused-ring (bicyclic) bond motifs is 1. The van der Waals surface area contributed by atoms with Crippen molar-refractivity contribution in [3.63, 3.8) is 0 Å². The van der Waals surface area contributed by atoms with Crippen molar-refractivity contribution in [1.82, 2.24) is 0 Å². The van der Waals surface area contributed by atoms with Crippen molar-refractivity contribution in [2.24, 2.45) is 0 Å². The number of carbonyl (C=O) groups excluding carboxylic acids is 1. The quantitative estimate of drug-likeness (QED) is 0.751. The molecule has 0 bridgehead atoms. The number of ether oxygens (including phenoxy) is 1. The Kier molecular flexibility index (Phi) is 2.86. The van der Waals surface area contributed by atoms with Crippen molar-refractivity contribution in [1.29, 1.82) is 0 Å². The van der Waals surface area contributed by atoms with E-state index in [9.17, 15) is 4.79 Å². The predicted molar refractivity (Wildman–Crippen MR) is 68.6 cm³/mol. The van der Waals surface area contributed by atoms with Crippen LogP contribution in [0.3, 0.4) is 0 Å². The number of hydrogen-bond acceptors (Lipinski definition) is 2. The Hall–Kier alpha value is -1.51. The maximum atomic E-state index is 11.2. The van der Waals surface area contributed by atoms with E-state index in [1.807, 2.05) is 19.1 Å². The molecule has 0 fully saturated rings. The van der Waals surface area contributed by atoms with E-state index in [-0.39, 0.29) is 11.5 Å². The molecule has 3 heteroatoms. The molecule has 0 radical (unpaired) electrons. The molecule has 1 aromatic carbocycles. The van der Waals surface area contributed by atoms with E-state index in [4.69, 9.17) is 4.74 Å². The number of hydrogen-bond donors (Lipinski definition) is 0. The van der Waals surface area contributed by atoms with E-state index in [1.54, 1.807) is 4.90 Å². The van der Waals surface area contributed by atoms with Gasteiger partial charge in [0.1, 0.15) is 5.75 Å². The van der Waals surface area contributed by atoms with E-state index in [0.29, 0.717) is 6.61 Å². The lowest BCUT2D eigenvalue weighted by atomic mass is 9.81. The molecule has 92 valence electrons. The minimum absolute atomic E-state index is 0.0383. The first-order valence-corrected chi connectivity index (χ1v) is 6.03. The number of anilines is 1. The van der Waals surface area contributed by atoms with Gasteiger partial charge in [-0.05, 0) is 37.6 Å². The van der Waals surface area contributed by atoms with Crippen LogP contribution in [0.5, 0.6) is 5.75 Å². The highest BCUT2D eigenvalue weighted by atomic mass is 16.5. The molecule has 0 aliphatic carbocycles. The second-order valence-electron chi connectivity index (χ2n) is 5.02. The Morgan fingerprint density at radius 2 is 2.18 bits per heavy atom. The van der Waals surface area contributed by atoms with Gasteiger partial charge < -0.3 is 9.64 Å². The lowest BCUT2D eigenvalue weighted by Crippen LogP contribution is -2.37. The maximum absolute atomic E-state index is 11.2. The first kappa shape index (κ1) is 12.0. The summed E-state index contributed by atoms with van der Waals surface area (Å²) in [5.41, 5.74) is 2.15. The summed E-state index contributed by atoms with van der Waals surface area (Å²) in [6, 6.07) is 6.12. The highest BCUT2D eigenvalue weighted by Gasteiger charge is 2.41. The van der Waals surface area contributed by atoms with Crippen molar-refractivity contribution >= 4 is 12.1 Å². The first-order chi connectivity index (χ1) is 8.02. The third kappa shape index (κ3) is 1.70. The van der Waals surface area contributed by atoms with E-state index in [1.165, 1.54) is 5.56 Å². The van der Waals surface area contributed by atoms with Crippen LogP contribution in [0.15, 0.2) is 18.2 Å². The second-order valence-corrected chi connectivity index (χ2v) is 5.02. The topological polar surface area (TPSA) is 29.5 Å². The smallest absolute Gasteiger partial charge is 0.214 e. The summed E-state index contributed by atoms with van der Waals surface area (Å²) in [7, 11) is 0. The van der Waals surface area contributed by atoms with Gasteiger partial charge in [0.15, 0.2) is 0 Å². The molecule has 0 aromatic heterocycles. The van der Waals surface area contributed by atoms with Crippen molar-refractivity contribution in [3.8, 4) is 5.75 Å². The van der Waals surface area contributed by atoms with Crippen LogP contribution in [0.2, 0.25) is 0 Å². The van der Waals surface area contributed by atoms with Gasteiger partial charge in [-0.2, -0.15) is 0 Å². The van der Waals surface area contributed by atoms with Crippen LogP contribution in [0.25, 0.3) is 0 Å². The average molecular weight is 233 g/mol. The Morgan fingerprint density at radius 3 is 2.76 bits per heavy atom. The summed E-state index contributed by atoms with van der Waals surface area (Å²) >= 11 is 0. The van der Waals surface area contributed by atoms with Crippen molar-refractivity contribution < 1.29 is 9.53 Å². The van der Waals surface area contributed by atoms with Gasteiger partial charge in [-0.25, -0.2) is 0 Å². The predicted octanol–water partition coefficient (Wildman–Crippen LogP) is 2.73. The summed E-state index contributed by atoms with van der Waals surface area (Å²) in [6.07, 6.45) is 0.915. The van der Waals surface area contributed by atoms with Gasteiger partial charge in [-0.15, -0.1) is 0 Å². The Labute approximate surface area is 102 Å². The van der Waals surface area contributed by atoms with Gasteiger partial charge in [0, 0.05) is 17.1 Å². The Balaban J connectivity index is 2.51. The molecule has 1 unspecified atom stereocenters. The molecule has 0 spiro atoms. The lowest BCUT2D eigenvalue weighted by molar-refractivity contribution is -0.107. The molecule has 1 aliphatic rings. The number of amides is 1. The third-order valence-corrected chi connectivity index (χ3v) is 3.83. The summed E-state index contributed by atoms with van der Waals surface area (Å²) < 4.78 is 5.52. The highest BCUT2D eigenvalue weighted by molar-refractivity contribution is 5.83. The molecular weight excluding hydrogens is 214 g/mol. The zero-order chi connectivity index (χ0) is 12.6. The number of nitrogens with zero attached hydrogens (tertiary/aromatic N) is 1. The van der Waals surface area contributed by atoms with Crippen molar-refractivity contribution in [2.45, 2.75) is 39.2 Å². The monoisotopic (exact) mass is 233 g/mol. The average Bonchev–Trinajstić information content (AvgIpc) is 2.49. The molecule has 0 N–H and O–H groups in total. The van der Waals surface area contributed by atoms with E-state index in [2.05, 4.69) is 26.8 Å². The molecule has 2 rings (SSSR count). The Morgan fingerprint density at radius 1 is 1.47 bits per heavy atom. The summed E-state index contributed by atoms with van der Waals surface area (Å²) in [5, 5.41) is 0. The zero-order valence-corrected chi connectivity index (χ0v) is 10.9. The molecule has 0 saturated heterocycles. The SMILES string of the molecule is CCOc1ccc2c(c1)C(C)(C)C(C)N2C=O. The molecule has 1 atom stereocenters. The number of carbonyl (C=O) groups is 1. The molecule has 1 aliphatic heterocycles. The number of benzene rings is 1. The van der Waals surface area contributed by atoms with Crippen LogP contribution in [0.1, 0.15) is 33.3 Å². The van der Waals surface area contributed by atoms with Crippen molar-refractivity contribution in [2.75, 3.05) is 11.5 Å². The summed E-state index contributed by atoms with van der Waals surface area (Å²) in [6.45, 7) is 9.03. The second kappa shape index (κ2) is 4.06. The fourth-order valence-electron chi connectivity index (χ4n) is 2.44. The summed E-state index contributed by atoms with van der Waals surface area (Å²) in [4.78, 5) is 13.0. The molecule has 1 amide bonds. The van der Waals surface area contributed by atoms with Gasteiger partial charge in [0.2, 0.25) is 6.41 Å². The third-order valence-electron chi connectivity index (χ3n) is 3.83. The van der Waals surface area contributed by atoms with Gasteiger partial charge in [-0.3, -0.25) is 4.79 Å². The van der Waals surface area contributed by atoms with Gasteiger partial charge in [0.25, 0.3) is 0 Å². The van der Waals surface area contributed by atoms with Crippen LogP contribution >= 0.6 is 0 Å². The minimum Gasteiger partial charge on any atom is -0.494 e. The lowest BCUT2D eigenvalue weighted by Gasteiger charge is -2.27. The zero-order valence-electron chi connectivity index (χ0n) is 10.9. The molecular formula is C14H19NO2. The largest absolute Gasteiger partial charge is 0.494 e. The van der Waals surface area contributed by atoms with Crippen molar-refractivity contribution in [3.05, 3.63) is 23.8 Å². The summed E-state index contributed by atoms with van der Waals surface area (Å²) in [5.74, 6) is 0.874. The Bertz CT molecular complexity index is 440. The molecule has 1 aromatic rings. The molecule has 3 nitrogen and oxygen atoms in total. The minimum atomic E-state index is -0.0383. The fourth-order valence-corrected chi connectivity index (χ4v) is 2.44. The normalized spacial score (nSPS) is 21.2. The van der Waals surface area contributed by atoms with Crippen LogP contribution < -0.4 is 9.64 Å². The molecule has 1 heterocycles. The molecule has 0 saturated carbocycles. The van der Waals surface area contributed by atoms with E-state index >= 15 is 0 Å². The highest BCUT2D eigenvalue weighted by Crippen LogP contribution is 2.45. The van der Waals surface area contributed by atoms with Crippen LogP contribution in [-0.4, -0.2) is 19.1 Å². The standard InChI is InChI=1S/C14H19NO2/c1-5-17-11-6-7-13-12(8-11)14(3,4)10(2)15(13)9-16/h6-10H,5H2,1-4H3. The van der Waals surface area contributed by atoms with Crippen LogP contribution in [0.4, 0.5) is 5.69 Å². The fraction of sp³-hybridized carbons (Fsp3) is 0.500. The maximum Gasteiger partial charge on any atom is 0.214 e. The first-order valence-electron chi connectivity index (χ1n) is 6.03. The van der Waals surface area contributed by atoms with E-state index < -0.39 is 0 Å². The van der Waals surface area contributed by atoms with Gasteiger partial charge >= 0.3 is 0 Å². The van der Waals surface area contributed by atoms with Gasteiger partial charge in [0.05, 0.1) is 6.61 Å². The number of rotatable bonds is 3. The van der Waals surface area contributed by atoms with E-state index in [0.717, 1.165) is 17.8 Å². The van der Waals surface area contributed by atoms with Crippen LogP contribution in [-0.2, 0) is 10.2 Å². The van der Waals surface area contributed by atoms with Gasteiger partial charge in [-0.1, -0.05) is 13.8 Å².